The largest absolute Gasteiger partial charge is 0.507 e. The fraction of sp³-hybridized carbons (Fsp3) is 0.538. The molecule has 0 unspecified atom stereocenters. The number of phenols is 1. The lowest BCUT2D eigenvalue weighted by Gasteiger charge is -2.23. The van der Waals surface area contributed by atoms with Gasteiger partial charge in [-0.2, -0.15) is 0 Å². The number of aromatic hydroxyl groups is 1. The molecule has 0 aliphatic carbocycles. The molecule has 0 aromatic heterocycles. The topological polar surface area (TPSA) is 43.7 Å². The molecule has 1 heterocycles. The Bertz CT molecular complexity index is 409. The molecule has 1 atom stereocenters. The number of halogens is 1. The van der Waals surface area contributed by atoms with Crippen molar-refractivity contribution in [3.63, 3.8) is 0 Å². The second-order valence-electron chi connectivity index (χ2n) is 4.68. The summed E-state index contributed by atoms with van der Waals surface area (Å²) in [5.41, 5.74) is 1.64. The lowest BCUT2D eigenvalue weighted by molar-refractivity contribution is 0.152. The average molecular weight is 256 g/mol. The summed E-state index contributed by atoms with van der Waals surface area (Å²) >= 11 is 6.00. The van der Waals surface area contributed by atoms with E-state index in [-0.39, 0.29) is 12.6 Å². The average Bonchev–Trinajstić information content (AvgIpc) is 2.72. The van der Waals surface area contributed by atoms with Crippen LogP contribution in [0, 0.1) is 6.92 Å². The van der Waals surface area contributed by atoms with Gasteiger partial charge >= 0.3 is 0 Å². The SMILES string of the molecule is Cc1cc(Cl)cc(CN2CCC[C@@H]2CO)c1O. The predicted octanol–water partition coefficient (Wildman–Crippen LogP) is 2.31. The molecule has 3 nitrogen and oxygen atoms in total. The van der Waals surface area contributed by atoms with Crippen LogP contribution in [-0.4, -0.2) is 34.3 Å². The predicted molar refractivity (Wildman–Crippen MR) is 68.4 cm³/mol. The zero-order valence-electron chi connectivity index (χ0n) is 9.99. The van der Waals surface area contributed by atoms with E-state index in [1.165, 1.54) is 0 Å². The van der Waals surface area contributed by atoms with Crippen molar-refractivity contribution in [2.75, 3.05) is 13.2 Å². The first-order chi connectivity index (χ1) is 8.11. The van der Waals surface area contributed by atoms with Crippen LogP contribution < -0.4 is 0 Å². The molecule has 0 amide bonds. The molecule has 1 aliphatic heterocycles. The normalized spacial score (nSPS) is 21.0. The molecule has 17 heavy (non-hydrogen) atoms. The highest BCUT2D eigenvalue weighted by molar-refractivity contribution is 6.30. The first kappa shape index (κ1) is 12.7. The smallest absolute Gasteiger partial charge is 0.123 e. The molecule has 1 fully saturated rings. The highest BCUT2D eigenvalue weighted by Crippen LogP contribution is 2.29. The summed E-state index contributed by atoms with van der Waals surface area (Å²) in [5, 5.41) is 19.9. The zero-order chi connectivity index (χ0) is 12.4. The Morgan fingerprint density at radius 3 is 2.94 bits per heavy atom. The lowest BCUT2D eigenvalue weighted by Crippen LogP contribution is -2.31. The Morgan fingerprint density at radius 2 is 2.24 bits per heavy atom. The second-order valence-corrected chi connectivity index (χ2v) is 5.12. The zero-order valence-corrected chi connectivity index (χ0v) is 10.7. The van der Waals surface area contributed by atoms with Crippen LogP contribution >= 0.6 is 11.6 Å². The van der Waals surface area contributed by atoms with Crippen LogP contribution in [0.15, 0.2) is 12.1 Å². The molecule has 1 saturated heterocycles. The van der Waals surface area contributed by atoms with Crippen LogP contribution in [0.1, 0.15) is 24.0 Å². The fourth-order valence-corrected chi connectivity index (χ4v) is 2.75. The van der Waals surface area contributed by atoms with E-state index in [9.17, 15) is 10.2 Å². The minimum absolute atomic E-state index is 0.181. The van der Waals surface area contributed by atoms with Gasteiger partial charge in [0.25, 0.3) is 0 Å². The number of aliphatic hydroxyl groups is 1. The Balaban J connectivity index is 2.18. The van der Waals surface area contributed by atoms with Crippen LogP contribution in [0.5, 0.6) is 5.75 Å². The minimum atomic E-state index is 0.181. The van der Waals surface area contributed by atoms with Crippen LogP contribution in [-0.2, 0) is 6.54 Å². The lowest BCUT2D eigenvalue weighted by atomic mass is 10.1. The number of aliphatic hydroxyl groups excluding tert-OH is 1. The highest BCUT2D eigenvalue weighted by Gasteiger charge is 2.24. The molecule has 0 radical (unpaired) electrons. The first-order valence-corrected chi connectivity index (χ1v) is 6.32. The molecule has 0 bridgehead atoms. The van der Waals surface area contributed by atoms with Crippen LogP contribution in [0.25, 0.3) is 0 Å². The van der Waals surface area contributed by atoms with Crippen molar-refractivity contribution in [3.05, 3.63) is 28.3 Å². The van der Waals surface area contributed by atoms with Crippen LogP contribution in [0.4, 0.5) is 0 Å². The number of phenolic OH excluding ortho intramolecular Hbond substituents is 1. The van der Waals surface area contributed by atoms with Gasteiger partial charge in [0.1, 0.15) is 5.75 Å². The van der Waals surface area contributed by atoms with Gasteiger partial charge in [-0.05, 0) is 44.0 Å². The molecular formula is C13H18ClNO2. The summed E-state index contributed by atoms with van der Waals surface area (Å²) in [6, 6.07) is 3.78. The van der Waals surface area contributed by atoms with Crippen LogP contribution in [0.2, 0.25) is 5.02 Å². The molecule has 2 rings (SSSR count). The van der Waals surface area contributed by atoms with E-state index in [0.29, 0.717) is 17.3 Å². The first-order valence-electron chi connectivity index (χ1n) is 5.94. The summed E-state index contributed by atoms with van der Waals surface area (Å²) in [6.07, 6.45) is 2.13. The third-order valence-electron chi connectivity index (χ3n) is 3.43. The van der Waals surface area contributed by atoms with Gasteiger partial charge in [-0.1, -0.05) is 11.6 Å². The van der Waals surface area contributed by atoms with E-state index in [0.717, 1.165) is 30.5 Å². The second kappa shape index (κ2) is 5.25. The molecule has 94 valence electrons. The molecular weight excluding hydrogens is 238 g/mol. The Kier molecular flexibility index (Phi) is 3.92. The van der Waals surface area contributed by atoms with Gasteiger partial charge < -0.3 is 10.2 Å². The summed E-state index contributed by atoms with van der Waals surface area (Å²) in [7, 11) is 0. The molecule has 4 heteroatoms. The quantitative estimate of drug-likeness (QED) is 0.871. The van der Waals surface area contributed by atoms with Crippen molar-refractivity contribution < 1.29 is 10.2 Å². The Labute approximate surface area is 107 Å². The Morgan fingerprint density at radius 1 is 1.47 bits per heavy atom. The van der Waals surface area contributed by atoms with Crippen molar-refractivity contribution in [2.45, 2.75) is 32.4 Å². The minimum Gasteiger partial charge on any atom is -0.507 e. The van der Waals surface area contributed by atoms with E-state index < -0.39 is 0 Å². The standard InChI is InChI=1S/C13H18ClNO2/c1-9-5-11(14)6-10(13(9)17)7-15-4-2-3-12(15)8-16/h5-6,12,16-17H,2-4,7-8H2,1H3/t12-/m1/s1. The molecule has 0 spiro atoms. The molecule has 1 aliphatic rings. The monoisotopic (exact) mass is 255 g/mol. The highest BCUT2D eigenvalue weighted by atomic mass is 35.5. The maximum absolute atomic E-state index is 9.99. The molecule has 0 saturated carbocycles. The van der Waals surface area contributed by atoms with Crippen molar-refractivity contribution in [1.82, 2.24) is 4.90 Å². The van der Waals surface area contributed by atoms with E-state index >= 15 is 0 Å². The third kappa shape index (κ3) is 2.73. The number of aryl methyl sites for hydroxylation is 1. The van der Waals surface area contributed by atoms with Gasteiger partial charge in [-0.3, -0.25) is 4.90 Å². The van der Waals surface area contributed by atoms with Crippen molar-refractivity contribution in [3.8, 4) is 5.75 Å². The van der Waals surface area contributed by atoms with Gasteiger partial charge in [0.2, 0.25) is 0 Å². The van der Waals surface area contributed by atoms with Gasteiger partial charge in [-0.25, -0.2) is 0 Å². The number of rotatable bonds is 3. The third-order valence-corrected chi connectivity index (χ3v) is 3.65. The number of nitrogens with zero attached hydrogens (tertiary/aromatic N) is 1. The van der Waals surface area contributed by atoms with Gasteiger partial charge in [0, 0.05) is 23.2 Å². The van der Waals surface area contributed by atoms with Crippen molar-refractivity contribution >= 4 is 11.6 Å². The molecule has 2 N–H and O–H groups in total. The van der Waals surface area contributed by atoms with Gasteiger partial charge in [0.05, 0.1) is 6.61 Å². The summed E-state index contributed by atoms with van der Waals surface area (Å²) in [4.78, 5) is 2.20. The maximum atomic E-state index is 9.99. The summed E-state index contributed by atoms with van der Waals surface area (Å²) < 4.78 is 0. The van der Waals surface area contributed by atoms with Gasteiger partial charge in [-0.15, -0.1) is 0 Å². The fourth-order valence-electron chi connectivity index (χ4n) is 2.45. The Hall–Kier alpha value is -0.770. The van der Waals surface area contributed by atoms with Crippen LogP contribution in [0.3, 0.4) is 0 Å². The number of benzene rings is 1. The maximum Gasteiger partial charge on any atom is 0.123 e. The van der Waals surface area contributed by atoms with E-state index in [1.807, 2.05) is 6.92 Å². The van der Waals surface area contributed by atoms with Gasteiger partial charge in [0.15, 0.2) is 0 Å². The van der Waals surface area contributed by atoms with Crippen molar-refractivity contribution in [2.24, 2.45) is 0 Å². The number of hydrogen-bond donors (Lipinski definition) is 2. The molecule has 1 aromatic carbocycles. The van der Waals surface area contributed by atoms with E-state index in [2.05, 4.69) is 4.90 Å². The number of hydrogen-bond acceptors (Lipinski definition) is 3. The molecule has 1 aromatic rings. The number of likely N-dealkylation sites (tertiary alicyclic amines) is 1. The van der Waals surface area contributed by atoms with Crippen molar-refractivity contribution in [1.29, 1.82) is 0 Å². The summed E-state index contributed by atoms with van der Waals surface area (Å²) in [5.74, 6) is 0.318. The summed E-state index contributed by atoms with van der Waals surface area (Å²) in [6.45, 7) is 3.65. The van der Waals surface area contributed by atoms with E-state index in [4.69, 9.17) is 11.6 Å². The van der Waals surface area contributed by atoms with E-state index in [1.54, 1.807) is 12.1 Å².